The molecule has 4 aliphatic rings. The molecule has 2 N–H and O–H groups in total. The van der Waals surface area contributed by atoms with Crippen LogP contribution in [0.2, 0.25) is 5.02 Å². The lowest BCUT2D eigenvalue weighted by molar-refractivity contribution is -0.124. The molecule has 6 rings (SSSR count). The second-order valence-corrected chi connectivity index (χ2v) is 10.1. The van der Waals surface area contributed by atoms with Crippen molar-refractivity contribution >= 4 is 34.8 Å². The van der Waals surface area contributed by atoms with Gasteiger partial charge in [-0.1, -0.05) is 23.7 Å². The number of carbonyl (C=O) groups is 2. The van der Waals surface area contributed by atoms with Gasteiger partial charge in [0.1, 0.15) is 0 Å². The molecule has 4 fully saturated rings. The van der Waals surface area contributed by atoms with Gasteiger partial charge in [0.2, 0.25) is 5.91 Å². The van der Waals surface area contributed by atoms with Crippen molar-refractivity contribution in [3.63, 3.8) is 0 Å². The molecule has 4 bridgehead atoms. The molecule has 0 saturated heterocycles. The zero-order valence-corrected chi connectivity index (χ0v) is 17.8. The lowest BCUT2D eigenvalue weighted by Gasteiger charge is -2.56. The molecule has 4 saturated carbocycles. The van der Waals surface area contributed by atoms with Gasteiger partial charge in [-0.15, -0.1) is 0 Å². The van der Waals surface area contributed by atoms with E-state index in [1.54, 1.807) is 30.3 Å². The maximum absolute atomic E-state index is 12.9. The number of rotatable bonds is 5. The molecule has 0 spiro atoms. The molecule has 0 radical (unpaired) electrons. The third kappa shape index (κ3) is 4.11. The number of halogens is 1. The van der Waals surface area contributed by atoms with E-state index in [2.05, 4.69) is 10.6 Å². The highest BCUT2D eigenvalue weighted by molar-refractivity contribution is 6.31. The first-order chi connectivity index (χ1) is 14.5. The average Bonchev–Trinajstić information content (AvgIpc) is 2.66. The Morgan fingerprint density at radius 2 is 1.47 bits per heavy atom. The van der Waals surface area contributed by atoms with Crippen LogP contribution in [0.3, 0.4) is 0 Å². The van der Waals surface area contributed by atoms with Crippen molar-refractivity contribution in [2.45, 2.75) is 44.9 Å². The first kappa shape index (κ1) is 19.6. The smallest absolute Gasteiger partial charge is 0.255 e. The van der Waals surface area contributed by atoms with Crippen LogP contribution < -0.4 is 10.6 Å². The highest BCUT2D eigenvalue weighted by Crippen LogP contribution is 2.61. The van der Waals surface area contributed by atoms with Crippen LogP contribution in [0, 0.1) is 23.2 Å². The third-order valence-corrected chi connectivity index (χ3v) is 7.43. The Hall–Kier alpha value is -2.33. The molecule has 2 amide bonds. The second kappa shape index (κ2) is 7.73. The van der Waals surface area contributed by atoms with E-state index in [9.17, 15) is 9.59 Å². The number of carbonyl (C=O) groups excluding carboxylic acids is 2. The summed E-state index contributed by atoms with van der Waals surface area (Å²) in [7, 11) is 0. The highest BCUT2D eigenvalue weighted by Gasteiger charge is 2.51. The number of benzene rings is 2. The molecular weight excluding hydrogens is 396 g/mol. The first-order valence-electron chi connectivity index (χ1n) is 10.9. The summed E-state index contributed by atoms with van der Waals surface area (Å²) in [5.41, 5.74) is 2.08. The first-order valence-corrected chi connectivity index (χ1v) is 11.3. The molecule has 2 aromatic rings. The molecule has 30 heavy (non-hydrogen) atoms. The Labute approximate surface area is 182 Å². The zero-order chi connectivity index (χ0) is 20.7. The molecule has 0 atom stereocenters. The van der Waals surface area contributed by atoms with Crippen LogP contribution in [0.1, 0.15) is 55.3 Å². The lowest BCUT2D eigenvalue weighted by Crippen LogP contribution is -2.47. The summed E-state index contributed by atoms with van der Waals surface area (Å²) in [6, 6.07) is 14.2. The van der Waals surface area contributed by atoms with Crippen molar-refractivity contribution < 1.29 is 9.59 Å². The Bertz CT molecular complexity index is 951. The van der Waals surface area contributed by atoms with Gasteiger partial charge in [0.25, 0.3) is 5.91 Å². The Morgan fingerprint density at radius 3 is 2.10 bits per heavy atom. The van der Waals surface area contributed by atoms with Crippen molar-refractivity contribution in [1.82, 2.24) is 0 Å². The van der Waals surface area contributed by atoms with Gasteiger partial charge in [0.05, 0.1) is 0 Å². The predicted octanol–water partition coefficient (Wildman–Crippen LogP) is 6.14. The molecule has 4 aliphatic carbocycles. The number of amides is 2. The Balaban J connectivity index is 1.23. The van der Waals surface area contributed by atoms with Crippen molar-refractivity contribution in [2.24, 2.45) is 23.2 Å². The highest BCUT2D eigenvalue weighted by atomic mass is 35.5. The molecule has 0 unspecified atom stereocenters. The van der Waals surface area contributed by atoms with E-state index < -0.39 is 0 Å². The van der Waals surface area contributed by atoms with E-state index in [4.69, 9.17) is 11.6 Å². The van der Waals surface area contributed by atoms with Gasteiger partial charge < -0.3 is 10.6 Å². The summed E-state index contributed by atoms with van der Waals surface area (Å²) >= 11 is 5.97. The number of hydrogen-bond acceptors (Lipinski definition) is 2. The van der Waals surface area contributed by atoms with E-state index in [0.717, 1.165) is 17.8 Å². The third-order valence-electron chi connectivity index (χ3n) is 7.19. The van der Waals surface area contributed by atoms with E-state index in [1.165, 1.54) is 38.5 Å². The summed E-state index contributed by atoms with van der Waals surface area (Å²) < 4.78 is 0. The van der Waals surface area contributed by atoms with Crippen LogP contribution in [0.4, 0.5) is 11.4 Å². The van der Waals surface area contributed by atoms with Gasteiger partial charge in [0, 0.05) is 28.4 Å². The van der Waals surface area contributed by atoms with Crippen LogP contribution >= 0.6 is 11.6 Å². The average molecular weight is 423 g/mol. The van der Waals surface area contributed by atoms with Gasteiger partial charge in [-0.2, -0.15) is 0 Å². The molecule has 156 valence electrons. The number of nitrogens with one attached hydrogen (secondary N) is 2. The monoisotopic (exact) mass is 422 g/mol. The van der Waals surface area contributed by atoms with Crippen LogP contribution in [-0.2, 0) is 4.79 Å². The normalized spacial score (nSPS) is 28.9. The minimum Gasteiger partial charge on any atom is -0.326 e. The number of anilines is 2. The minimum absolute atomic E-state index is 0.0928. The topological polar surface area (TPSA) is 58.2 Å². The van der Waals surface area contributed by atoms with Gasteiger partial charge in [-0.05, 0) is 98.1 Å². The molecule has 4 nitrogen and oxygen atoms in total. The van der Waals surface area contributed by atoms with E-state index in [0.29, 0.717) is 28.4 Å². The fraction of sp³-hybridized carbons (Fsp3) is 0.440. The van der Waals surface area contributed by atoms with E-state index in [-0.39, 0.29) is 17.2 Å². The predicted molar refractivity (Wildman–Crippen MR) is 120 cm³/mol. The van der Waals surface area contributed by atoms with Gasteiger partial charge in [-0.25, -0.2) is 0 Å². The summed E-state index contributed by atoms with van der Waals surface area (Å²) in [6.45, 7) is 0. The van der Waals surface area contributed by atoms with Crippen LogP contribution in [0.5, 0.6) is 0 Å². The van der Waals surface area contributed by atoms with Gasteiger partial charge in [-0.3, -0.25) is 9.59 Å². The maximum atomic E-state index is 12.9. The van der Waals surface area contributed by atoms with Gasteiger partial charge in [0.15, 0.2) is 0 Å². The standard InChI is InChI=1S/C25H27ClN2O2/c26-20-4-1-3-19(10-20)24(30)28-22-6-2-5-21(11-22)27-23(29)15-25-12-16-7-17(13-25)9-18(8-16)14-25/h1-6,10-11,16-18H,7-9,12-15H2,(H,27,29)(H,28,30). The lowest BCUT2D eigenvalue weighted by atomic mass is 9.49. The van der Waals surface area contributed by atoms with Crippen molar-refractivity contribution in [3.8, 4) is 0 Å². The minimum atomic E-state index is -0.227. The molecule has 2 aromatic carbocycles. The molecule has 0 aliphatic heterocycles. The maximum Gasteiger partial charge on any atom is 0.255 e. The summed E-state index contributed by atoms with van der Waals surface area (Å²) in [5.74, 6) is 2.39. The molecule has 0 heterocycles. The zero-order valence-electron chi connectivity index (χ0n) is 17.0. The Morgan fingerprint density at radius 1 is 0.867 bits per heavy atom. The summed E-state index contributed by atoms with van der Waals surface area (Å²) in [4.78, 5) is 25.3. The number of hydrogen-bond donors (Lipinski definition) is 2. The SMILES string of the molecule is O=C(CC12CC3CC(CC(C3)C1)C2)Nc1cccc(NC(=O)c2cccc(Cl)c2)c1. The van der Waals surface area contributed by atoms with E-state index >= 15 is 0 Å². The molecule has 5 heteroatoms. The van der Waals surface area contributed by atoms with Crippen molar-refractivity contribution in [3.05, 3.63) is 59.1 Å². The van der Waals surface area contributed by atoms with Crippen LogP contribution in [-0.4, -0.2) is 11.8 Å². The Kier molecular flexibility index (Phi) is 5.06. The van der Waals surface area contributed by atoms with Crippen LogP contribution in [0.25, 0.3) is 0 Å². The van der Waals surface area contributed by atoms with Gasteiger partial charge >= 0.3 is 0 Å². The largest absolute Gasteiger partial charge is 0.326 e. The molecular formula is C25H27ClN2O2. The quantitative estimate of drug-likeness (QED) is 0.608. The van der Waals surface area contributed by atoms with Crippen molar-refractivity contribution in [1.29, 1.82) is 0 Å². The summed E-state index contributed by atoms with van der Waals surface area (Å²) in [6.07, 6.45) is 8.45. The fourth-order valence-corrected chi connectivity index (χ4v) is 6.75. The summed E-state index contributed by atoms with van der Waals surface area (Å²) in [5, 5.41) is 6.47. The second-order valence-electron chi connectivity index (χ2n) is 9.69. The fourth-order valence-electron chi connectivity index (χ4n) is 6.56. The van der Waals surface area contributed by atoms with Crippen LogP contribution in [0.15, 0.2) is 48.5 Å². The van der Waals surface area contributed by atoms with Crippen molar-refractivity contribution in [2.75, 3.05) is 10.6 Å². The van der Waals surface area contributed by atoms with E-state index in [1.807, 2.05) is 18.2 Å². The molecule has 0 aromatic heterocycles.